The summed E-state index contributed by atoms with van der Waals surface area (Å²) in [6.45, 7) is 15.6. The third-order valence-electron chi connectivity index (χ3n) is 3.18. The third-order valence-corrected chi connectivity index (χ3v) is 3.18. The average Bonchev–Trinajstić information content (AvgIpc) is 2.28. The van der Waals surface area contributed by atoms with E-state index in [1.807, 2.05) is 34.6 Å². The fraction of sp³-hybridized carbons (Fsp3) is 0.929. The Labute approximate surface area is 117 Å². The van der Waals surface area contributed by atoms with E-state index in [2.05, 4.69) is 10.2 Å². The molecule has 1 N–H and O–H groups in total. The molecule has 0 radical (unpaired) electrons. The Morgan fingerprint density at radius 1 is 1.16 bits per heavy atom. The van der Waals surface area contributed by atoms with Crippen molar-refractivity contribution in [3.05, 3.63) is 0 Å². The van der Waals surface area contributed by atoms with E-state index in [0.29, 0.717) is 6.04 Å². The first-order chi connectivity index (χ1) is 8.96. The highest BCUT2D eigenvalue weighted by molar-refractivity contribution is 5.69. The summed E-state index contributed by atoms with van der Waals surface area (Å²) >= 11 is 0. The lowest BCUT2D eigenvalue weighted by Gasteiger charge is -2.46. The fourth-order valence-corrected chi connectivity index (χ4v) is 2.21. The summed E-state index contributed by atoms with van der Waals surface area (Å²) in [4.78, 5) is 16.0. The molecule has 0 aliphatic carbocycles. The van der Waals surface area contributed by atoms with Crippen LogP contribution >= 0.6 is 0 Å². The molecule has 1 amide bonds. The van der Waals surface area contributed by atoms with Crippen LogP contribution in [0.4, 0.5) is 4.79 Å². The molecule has 2 fully saturated rings. The summed E-state index contributed by atoms with van der Waals surface area (Å²) in [5.74, 6) is 0. The summed E-state index contributed by atoms with van der Waals surface area (Å²) in [6.07, 6.45) is -0.177. The summed E-state index contributed by atoms with van der Waals surface area (Å²) in [5, 5.41) is 3.34. The van der Waals surface area contributed by atoms with Crippen LogP contribution in [0, 0.1) is 0 Å². The van der Waals surface area contributed by atoms with Gasteiger partial charge in [0.2, 0.25) is 0 Å². The zero-order valence-corrected chi connectivity index (χ0v) is 13.0. The predicted octanol–water partition coefficient (Wildman–Crippen LogP) is 1.54. The minimum absolute atomic E-state index is 0.177. The van der Waals surface area contributed by atoms with Crippen LogP contribution in [-0.4, -0.2) is 66.8 Å². The molecule has 0 saturated carbocycles. The number of nitrogens with one attached hydrogen (secondary N) is 1. The normalized spacial score (nSPS) is 21.2. The molecule has 2 heterocycles. The van der Waals surface area contributed by atoms with E-state index in [9.17, 15) is 4.79 Å². The SMILES string of the molecule is CC.CC(C)(C)OC(=O)N1CC(N2CCNCC2)C1. The number of amides is 1. The Hall–Kier alpha value is -0.810. The van der Waals surface area contributed by atoms with E-state index in [1.54, 1.807) is 4.90 Å². The van der Waals surface area contributed by atoms with Crippen molar-refractivity contribution in [1.82, 2.24) is 15.1 Å². The third kappa shape index (κ3) is 4.99. The maximum atomic E-state index is 11.7. The second-order valence-electron chi connectivity index (χ2n) is 5.83. The van der Waals surface area contributed by atoms with Gasteiger partial charge in [-0.15, -0.1) is 0 Å². The first-order valence-corrected chi connectivity index (χ1v) is 7.38. The standard InChI is InChI=1S/C12H23N3O2.C2H6/c1-12(2,3)17-11(16)15-8-10(9-15)14-6-4-13-5-7-14;1-2/h10,13H,4-9H2,1-3H3;1-2H3. The monoisotopic (exact) mass is 271 g/mol. The van der Waals surface area contributed by atoms with Gasteiger partial charge in [-0.3, -0.25) is 4.90 Å². The van der Waals surface area contributed by atoms with Crippen molar-refractivity contribution in [2.45, 2.75) is 46.3 Å². The maximum Gasteiger partial charge on any atom is 0.410 e. The van der Waals surface area contributed by atoms with Gasteiger partial charge in [0, 0.05) is 45.3 Å². The van der Waals surface area contributed by atoms with Gasteiger partial charge in [0.05, 0.1) is 0 Å². The van der Waals surface area contributed by atoms with Gasteiger partial charge in [-0.1, -0.05) is 13.8 Å². The molecule has 0 bridgehead atoms. The first kappa shape index (κ1) is 16.2. The average molecular weight is 271 g/mol. The number of hydrogen-bond donors (Lipinski definition) is 1. The lowest BCUT2D eigenvalue weighted by atomic mass is 10.1. The Morgan fingerprint density at radius 2 is 1.68 bits per heavy atom. The molecule has 0 aromatic carbocycles. The van der Waals surface area contributed by atoms with Crippen molar-refractivity contribution in [3.63, 3.8) is 0 Å². The van der Waals surface area contributed by atoms with Gasteiger partial charge in [0.15, 0.2) is 0 Å². The minimum atomic E-state index is -0.392. The number of rotatable bonds is 1. The molecule has 5 heteroatoms. The van der Waals surface area contributed by atoms with Crippen molar-refractivity contribution < 1.29 is 9.53 Å². The van der Waals surface area contributed by atoms with Crippen LogP contribution in [0.1, 0.15) is 34.6 Å². The van der Waals surface area contributed by atoms with Crippen LogP contribution < -0.4 is 5.32 Å². The van der Waals surface area contributed by atoms with E-state index < -0.39 is 5.60 Å². The number of nitrogens with zero attached hydrogens (tertiary/aromatic N) is 2. The highest BCUT2D eigenvalue weighted by atomic mass is 16.6. The van der Waals surface area contributed by atoms with Crippen molar-refractivity contribution in [3.8, 4) is 0 Å². The van der Waals surface area contributed by atoms with Crippen LogP contribution in [0.15, 0.2) is 0 Å². The van der Waals surface area contributed by atoms with E-state index in [1.165, 1.54) is 0 Å². The molecule has 0 atom stereocenters. The topological polar surface area (TPSA) is 44.8 Å². The van der Waals surface area contributed by atoms with Crippen LogP contribution in [0.3, 0.4) is 0 Å². The van der Waals surface area contributed by atoms with Crippen LogP contribution in [0.25, 0.3) is 0 Å². The van der Waals surface area contributed by atoms with Crippen molar-refractivity contribution in [1.29, 1.82) is 0 Å². The second-order valence-corrected chi connectivity index (χ2v) is 5.83. The first-order valence-electron chi connectivity index (χ1n) is 7.38. The largest absolute Gasteiger partial charge is 0.444 e. The number of hydrogen-bond acceptors (Lipinski definition) is 4. The number of ether oxygens (including phenoxy) is 1. The van der Waals surface area contributed by atoms with E-state index in [-0.39, 0.29) is 6.09 Å². The van der Waals surface area contributed by atoms with Crippen molar-refractivity contribution in [2.75, 3.05) is 39.3 Å². The Morgan fingerprint density at radius 3 is 2.16 bits per heavy atom. The highest BCUT2D eigenvalue weighted by Gasteiger charge is 2.37. The number of piperazine rings is 1. The lowest BCUT2D eigenvalue weighted by molar-refractivity contribution is -0.0172. The van der Waals surface area contributed by atoms with Gasteiger partial charge in [-0.2, -0.15) is 0 Å². The van der Waals surface area contributed by atoms with Crippen LogP contribution in [-0.2, 0) is 4.74 Å². The minimum Gasteiger partial charge on any atom is -0.444 e. The molecule has 2 aliphatic rings. The summed E-state index contributed by atoms with van der Waals surface area (Å²) in [6, 6.07) is 0.532. The van der Waals surface area contributed by atoms with Gasteiger partial charge in [-0.05, 0) is 20.8 Å². The van der Waals surface area contributed by atoms with Crippen molar-refractivity contribution >= 4 is 6.09 Å². The molecule has 0 spiro atoms. The van der Waals surface area contributed by atoms with Gasteiger partial charge in [0.1, 0.15) is 5.60 Å². The van der Waals surface area contributed by atoms with E-state index in [0.717, 1.165) is 39.3 Å². The van der Waals surface area contributed by atoms with Crippen LogP contribution in [0.5, 0.6) is 0 Å². The summed E-state index contributed by atoms with van der Waals surface area (Å²) in [5.41, 5.74) is -0.392. The zero-order valence-electron chi connectivity index (χ0n) is 13.0. The molecule has 0 aromatic heterocycles. The summed E-state index contributed by atoms with van der Waals surface area (Å²) in [7, 11) is 0. The van der Waals surface area contributed by atoms with Gasteiger partial charge in [0.25, 0.3) is 0 Å². The van der Waals surface area contributed by atoms with Crippen molar-refractivity contribution in [2.24, 2.45) is 0 Å². The molecular formula is C14H29N3O2. The highest BCUT2D eigenvalue weighted by Crippen LogP contribution is 2.19. The fourth-order valence-electron chi connectivity index (χ4n) is 2.21. The van der Waals surface area contributed by atoms with Gasteiger partial charge in [-0.25, -0.2) is 4.79 Å². The predicted molar refractivity (Wildman–Crippen MR) is 77.4 cm³/mol. The molecular weight excluding hydrogens is 242 g/mol. The lowest BCUT2D eigenvalue weighted by Crippen LogP contribution is -2.64. The Kier molecular flexibility index (Phi) is 6.07. The van der Waals surface area contributed by atoms with E-state index in [4.69, 9.17) is 4.74 Å². The number of carbonyl (C=O) groups excluding carboxylic acids is 1. The molecule has 112 valence electrons. The number of carbonyl (C=O) groups is 1. The second kappa shape index (κ2) is 7.10. The van der Waals surface area contributed by atoms with Crippen LogP contribution in [0.2, 0.25) is 0 Å². The Bertz CT molecular complexity index is 277. The summed E-state index contributed by atoms with van der Waals surface area (Å²) < 4.78 is 5.33. The van der Waals surface area contributed by atoms with Gasteiger partial charge >= 0.3 is 6.09 Å². The molecule has 2 saturated heterocycles. The smallest absolute Gasteiger partial charge is 0.410 e. The molecule has 0 aromatic rings. The zero-order chi connectivity index (χ0) is 14.5. The number of likely N-dealkylation sites (tertiary alicyclic amines) is 1. The molecule has 5 nitrogen and oxygen atoms in total. The molecule has 19 heavy (non-hydrogen) atoms. The van der Waals surface area contributed by atoms with E-state index >= 15 is 0 Å². The maximum absolute atomic E-state index is 11.7. The molecule has 2 rings (SSSR count). The van der Waals surface area contributed by atoms with Gasteiger partial charge < -0.3 is 15.0 Å². The molecule has 0 unspecified atom stereocenters. The molecule has 2 aliphatic heterocycles. The Balaban J connectivity index is 0.000000861. The quantitative estimate of drug-likeness (QED) is 0.786.